The average Bonchev–Trinajstić information content (AvgIpc) is 3.00. The van der Waals surface area contributed by atoms with Gasteiger partial charge in [-0.2, -0.15) is 0 Å². The maximum atomic E-state index is 5.78. The molecule has 3 rings (SSSR count). The Kier molecular flexibility index (Phi) is 3.29. The number of thiophene rings is 2. The molecular weight excluding hydrogens is 248 g/mol. The Morgan fingerprint density at radius 3 is 3.00 bits per heavy atom. The van der Waals surface area contributed by atoms with Crippen molar-refractivity contribution in [2.75, 3.05) is 0 Å². The second kappa shape index (κ2) is 4.90. The first kappa shape index (κ1) is 11.4. The quantitative estimate of drug-likeness (QED) is 0.658. The summed E-state index contributed by atoms with van der Waals surface area (Å²) < 4.78 is 0. The molecule has 0 aromatic carbocycles. The number of nitrogens with one attached hydrogen (secondary N) is 1. The summed E-state index contributed by atoms with van der Waals surface area (Å²) in [6.45, 7) is 0. The Morgan fingerprint density at radius 2 is 2.24 bits per heavy atom. The Hall–Kier alpha value is -0.680. The van der Waals surface area contributed by atoms with Gasteiger partial charge in [0.1, 0.15) is 0 Å². The Bertz CT molecular complexity index is 475. The lowest BCUT2D eigenvalue weighted by molar-refractivity contribution is 0.416. The summed E-state index contributed by atoms with van der Waals surface area (Å²) in [5, 5.41) is 4.34. The molecule has 0 fully saturated rings. The van der Waals surface area contributed by atoms with Crippen molar-refractivity contribution in [3.05, 3.63) is 44.3 Å². The average molecular weight is 264 g/mol. The second-order valence-corrected chi connectivity index (χ2v) is 6.44. The zero-order valence-corrected chi connectivity index (χ0v) is 11.2. The smallest absolute Gasteiger partial charge is 0.0622 e. The van der Waals surface area contributed by atoms with E-state index in [1.165, 1.54) is 29.7 Å². The van der Waals surface area contributed by atoms with Gasteiger partial charge in [0.05, 0.1) is 6.04 Å². The van der Waals surface area contributed by atoms with E-state index < -0.39 is 0 Å². The van der Waals surface area contributed by atoms with Crippen LogP contribution in [0.15, 0.2) is 29.0 Å². The van der Waals surface area contributed by atoms with Crippen molar-refractivity contribution >= 4 is 22.7 Å². The first-order chi connectivity index (χ1) is 8.40. The molecule has 0 amide bonds. The van der Waals surface area contributed by atoms with E-state index in [1.54, 1.807) is 16.2 Å². The minimum atomic E-state index is 0.267. The number of rotatable bonds is 3. The highest BCUT2D eigenvalue weighted by atomic mass is 32.1. The minimum absolute atomic E-state index is 0.267. The zero-order chi connectivity index (χ0) is 11.7. The predicted molar refractivity (Wildman–Crippen MR) is 74.4 cm³/mol. The fraction of sp³-hybridized carbons (Fsp3) is 0.385. The van der Waals surface area contributed by atoms with E-state index in [0.29, 0.717) is 5.92 Å². The first-order valence-corrected chi connectivity index (χ1v) is 7.72. The van der Waals surface area contributed by atoms with Crippen molar-refractivity contribution in [3.63, 3.8) is 0 Å². The van der Waals surface area contributed by atoms with Gasteiger partial charge in [-0.1, -0.05) is 6.07 Å². The Morgan fingerprint density at radius 1 is 1.29 bits per heavy atom. The highest BCUT2D eigenvalue weighted by Crippen LogP contribution is 2.42. The van der Waals surface area contributed by atoms with Gasteiger partial charge in [-0.15, -0.1) is 22.7 Å². The molecule has 0 spiro atoms. The summed E-state index contributed by atoms with van der Waals surface area (Å²) in [6.07, 6.45) is 3.75. The van der Waals surface area contributed by atoms with Crippen molar-refractivity contribution in [1.82, 2.24) is 5.43 Å². The van der Waals surface area contributed by atoms with Gasteiger partial charge in [0.25, 0.3) is 0 Å². The van der Waals surface area contributed by atoms with Crippen molar-refractivity contribution in [2.45, 2.75) is 31.2 Å². The van der Waals surface area contributed by atoms with Crippen LogP contribution in [0.1, 0.15) is 40.1 Å². The van der Waals surface area contributed by atoms with Gasteiger partial charge in [0, 0.05) is 15.7 Å². The molecule has 0 saturated carbocycles. The van der Waals surface area contributed by atoms with E-state index in [2.05, 4.69) is 34.4 Å². The molecule has 2 atom stereocenters. The summed E-state index contributed by atoms with van der Waals surface area (Å²) in [4.78, 5) is 2.90. The van der Waals surface area contributed by atoms with Crippen LogP contribution < -0.4 is 11.3 Å². The number of aryl methyl sites for hydroxylation is 1. The summed E-state index contributed by atoms with van der Waals surface area (Å²) in [5.74, 6) is 6.32. The van der Waals surface area contributed by atoms with Crippen LogP contribution in [0.5, 0.6) is 0 Å². The third-order valence-corrected chi connectivity index (χ3v) is 5.48. The van der Waals surface area contributed by atoms with E-state index in [-0.39, 0.29) is 6.04 Å². The lowest BCUT2D eigenvalue weighted by atomic mass is 9.82. The molecule has 17 heavy (non-hydrogen) atoms. The van der Waals surface area contributed by atoms with Crippen LogP contribution in [0.25, 0.3) is 0 Å². The van der Waals surface area contributed by atoms with Gasteiger partial charge >= 0.3 is 0 Å². The molecule has 2 heterocycles. The van der Waals surface area contributed by atoms with Gasteiger partial charge in [-0.25, -0.2) is 0 Å². The van der Waals surface area contributed by atoms with Crippen molar-refractivity contribution in [3.8, 4) is 0 Å². The van der Waals surface area contributed by atoms with Crippen molar-refractivity contribution in [2.24, 2.45) is 5.84 Å². The van der Waals surface area contributed by atoms with Crippen LogP contribution in [-0.4, -0.2) is 0 Å². The van der Waals surface area contributed by atoms with E-state index in [4.69, 9.17) is 5.84 Å². The Labute approximate surface area is 109 Å². The van der Waals surface area contributed by atoms with Gasteiger partial charge < -0.3 is 0 Å². The standard InChI is InChI=1S/C13H16N2S2/c14-15-13(12-5-2-7-16-12)10-3-1-4-11-9(10)6-8-17-11/h2,5-8,10,13,15H,1,3-4,14H2. The van der Waals surface area contributed by atoms with E-state index in [0.717, 1.165) is 0 Å². The van der Waals surface area contributed by atoms with Crippen LogP contribution in [0.4, 0.5) is 0 Å². The number of hydrogen-bond donors (Lipinski definition) is 2. The highest BCUT2D eigenvalue weighted by Gasteiger charge is 2.29. The van der Waals surface area contributed by atoms with E-state index in [1.807, 2.05) is 11.3 Å². The normalized spacial score (nSPS) is 21.1. The fourth-order valence-corrected chi connectivity index (χ4v) is 4.58. The van der Waals surface area contributed by atoms with Gasteiger partial charge in [0.15, 0.2) is 0 Å². The predicted octanol–water partition coefficient (Wildman–Crippen LogP) is 3.43. The molecule has 0 saturated heterocycles. The van der Waals surface area contributed by atoms with Crippen LogP contribution in [0.2, 0.25) is 0 Å². The SMILES string of the molecule is NNC(c1cccs1)C1CCCc2sccc21. The fourth-order valence-electron chi connectivity index (χ4n) is 2.73. The molecule has 4 heteroatoms. The summed E-state index contributed by atoms with van der Waals surface area (Å²) in [6, 6.07) is 6.82. The van der Waals surface area contributed by atoms with E-state index in [9.17, 15) is 0 Å². The third-order valence-electron chi connectivity index (χ3n) is 3.53. The number of nitrogens with two attached hydrogens (primary N) is 1. The molecule has 2 unspecified atom stereocenters. The lowest BCUT2D eigenvalue weighted by Gasteiger charge is -2.29. The first-order valence-electron chi connectivity index (χ1n) is 5.96. The van der Waals surface area contributed by atoms with Gasteiger partial charge in [-0.05, 0) is 47.7 Å². The number of hydrogen-bond acceptors (Lipinski definition) is 4. The molecule has 1 aliphatic rings. The topological polar surface area (TPSA) is 38.0 Å². The van der Waals surface area contributed by atoms with Gasteiger partial charge in [0.2, 0.25) is 0 Å². The molecule has 0 radical (unpaired) electrons. The Balaban J connectivity index is 1.94. The summed E-state index contributed by atoms with van der Waals surface area (Å²) >= 11 is 3.68. The van der Waals surface area contributed by atoms with Crippen LogP contribution in [0.3, 0.4) is 0 Å². The van der Waals surface area contributed by atoms with Crippen LogP contribution >= 0.6 is 22.7 Å². The van der Waals surface area contributed by atoms with Crippen LogP contribution in [0, 0.1) is 0 Å². The zero-order valence-electron chi connectivity index (χ0n) is 9.56. The summed E-state index contributed by atoms with van der Waals surface area (Å²) in [7, 11) is 0. The largest absolute Gasteiger partial charge is 0.271 e. The molecule has 0 aliphatic heterocycles. The molecule has 3 N–H and O–H groups in total. The number of hydrazine groups is 1. The van der Waals surface area contributed by atoms with E-state index >= 15 is 0 Å². The van der Waals surface area contributed by atoms with Crippen molar-refractivity contribution in [1.29, 1.82) is 0 Å². The maximum Gasteiger partial charge on any atom is 0.0622 e. The number of fused-ring (bicyclic) bond motifs is 1. The monoisotopic (exact) mass is 264 g/mol. The second-order valence-electron chi connectivity index (χ2n) is 4.46. The third kappa shape index (κ3) is 2.06. The summed E-state index contributed by atoms with van der Waals surface area (Å²) in [5.41, 5.74) is 4.53. The lowest BCUT2D eigenvalue weighted by Crippen LogP contribution is -2.33. The molecule has 2 aromatic rings. The highest BCUT2D eigenvalue weighted by molar-refractivity contribution is 7.10. The molecule has 1 aliphatic carbocycles. The maximum absolute atomic E-state index is 5.78. The molecular formula is C13H16N2S2. The van der Waals surface area contributed by atoms with Gasteiger partial charge in [-0.3, -0.25) is 11.3 Å². The van der Waals surface area contributed by atoms with Crippen LogP contribution in [-0.2, 0) is 6.42 Å². The molecule has 2 aromatic heterocycles. The minimum Gasteiger partial charge on any atom is -0.271 e. The molecule has 0 bridgehead atoms. The van der Waals surface area contributed by atoms with Crippen molar-refractivity contribution < 1.29 is 0 Å². The molecule has 2 nitrogen and oxygen atoms in total. The molecule has 90 valence electrons.